The molecule has 0 bridgehead atoms. The molecule has 0 spiro atoms. The molecular formula is AlLaO8SSi. The number of hydrogen-bond donors (Lipinski definition) is 0. The minimum atomic E-state index is -5.61. The Balaban J connectivity index is -0.0000000457. The molecule has 0 unspecified atom stereocenters. The van der Waals surface area contributed by atoms with Crippen molar-refractivity contribution in [2.75, 3.05) is 0 Å². The molecule has 0 aliphatic carbocycles. The average Bonchev–Trinajstić information content (AvgIpc) is 1.12. The summed E-state index contributed by atoms with van der Waals surface area (Å²) in [6.07, 6.45) is 0. The molecule has 0 saturated heterocycles. The fourth-order valence-electron chi connectivity index (χ4n) is 0. The van der Waals surface area contributed by atoms with Crippen LogP contribution in [0.15, 0.2) is 0 Å². The molecule has 0 amide bonds. The van der Waals surface area contributed by atoms with E-state index in [9.17, 15) is 0 Å². The molecule has 0 radical (unpaired) electrons. The second kappa shape index (κ2) is 9.22. The number of rotatable bonds is 0. The van der Waals surface area contributed by atoms with E-state index in [1.165, 1.54) is 0 Å². The maximum atomic E-state index is 8.58. The Bertz CT molecular complexity index is 154. The van der Waals surface area contributed by atoms with Crippen LogP contribution in [0.3, 0.4) is 0 Å². The van der Waals surface area contributed by atoms with E-state index in [1.54, 1.807) is 0 Å². The summed E-state index contributed by atoms with van der Waals surface area (Å²) in [4.78, 5) is 34.3. The first-order valence-electron chi connectivity index (χ1n) is 1.48. The SMILES string of the molecule is O=S(=O)([O-])[O-].[Al+3].[La+3].[O-][Si]([O-])([O-])[O-]. The molecule has 8 nitrogen and oxygen atoms in total. The third kappa shape index (κ3) is 483. The van der Waals surface area contributed by atoms with Gasteiger partial charge in [0.2, 0.25) is 0 Å². The Labute approximate surface area is 108 Å². The molecule has 0 aliphatic rings. The molecule has 0 aromatic rings. The molecule has 0 aliphatic heterocycles. The molecular weight excluding hydrogens is 354 g/mol. The molecule has 0 fully saturated rings. The second-order valence-electron chi connectivity index (χ2n) is 0.908. The van der Waals surface area contributed by atoms with Gasteiger partial charge in [0.05, 0.1) is 0 Å². The van der Waals surface area contributed by atoms with E-state index >= 15 is 0 Å². The molecule has 0 rings (SSSR count). The van der Waals surface area contributed by atoms with Crippen molar-refractivity contribution >= 4 is 36.8 Å². The fraction of sp³-hybridized carbons (Fsp3) is 0. The van der Waals surface area contributed by atoms with Gasteiger partial charge in [0, 0.05) is 10.4 Å². The van der Waals surface area contributed by atoms with Gasteiger partial charge in [-0.15, -0.1) is 0 Å². The number of hydrogen-bond acceptors (Lipinski definition) is 8. The Morgan fingerprint density at radius 2 is 0.917 bits per heavy atom. The molecule has 0 atom stereocenters. The topological polar surface area (TPSA) is 172 Å². The monoisotopic (exact) mass is 354 g/mol. The molecule has 64 valence electrons. The van der Waals surface area contributed by atoms with Gasteiger partial charge in [-0.2, -0.15) is 0 Å². The van der Waals surface area contributed by atoms with Gasteiger partial charge in [-0.05, 0) is 0 Å². The third-order valence-electron chi connectivity index (χ3n) is 0. The Hall–Kier alpha value is 1.65. The maximum absolute atomic E-state index is 8.58. The van der Waals surface area contributed by atoms with Crippen LogP contribution >= 0.6 is 0 Å². The summed E-state index contributed by atoms with van der Waals surface area (Å²) < 4.78 is 34.1. The van der Waals surface area contributed by atoms with Crippen molar-refractivity contribution in [2.24, 2.45) is 0 Å². The van der Waals surface area contributed by atoms with Crippen molar-refractivity contribution in [2.45, 2.75) is 0 Å². The smallest absolute Gasteiger partial charge is 0.894 e. The van der Waals surface area contributed by atoms with E-state index in [-0.39, 0.29) is 53.0 Å². The van der Waals surface area contributed by atoms with Crippen LogP contribution in [0.5, 0.6) is 0 Å². The van der Waals surface area contributed by atoms with E-state index in [0.717, 1.165) is 0 Å². The van der Waals surface area contributed by atoms with E-state index in [0.29, 0.717) is 0 Å². The van der Waals surface area contributed by atoms with Crippen LogP contribution in [-0.4, -0.2) is 43.9 Å². The summed E-state index contributed by atoms with van der Waals surface area (Å²) >= 11 is 0. The zero-order valence-corrected chi connectivity index (χ0v) is 11.9. The first-order chi connectivity index (χ1) is 4.00. The van der Waals surface area contributed by atoms with Crippen molar-refractivity contribution in [3.05, 3.63) is 0 Å². The normalized spacial score (nSPS) is 9.83. The summed E-state index contributed by atoms with van der Waals surface area (Å²) in [5, 5.41) is 0. The van der Waals surface area contributed by atoms with Gasteiger partial charge in [-0.1, -0.05) is 0 Å². The molecule has 0 heterocycles. The van der Waals surface area contributed by atoms with E-state index in [2.05, 4.69) is 0 Å². The van der Waals surface area contributed by atoms with Gasteiger partial charge in [-0.25, -0.2) is 0 Å². The molecule has 0 aromatic heterocycles. The summed E-state index contributed by atoms with van der Waals surface area (Å²) in [5.41, 5.74) is 0. The van der Waals surface area contributed by atoms with Crippen LogP contribution in [0, 0.1) is 35.6 Å². The summed E-state index contributed by atoms with van der Waals surface area (Å²) in [5.74, 6) is 0. The van der Waals surface area contributed by atoms with Gasteiger partial charge in [0.1, 0.15) is 0 Å². The Morgan fingerprint density at radius 1 is 0.917 bits per heavy atom. The quantitative estimate of drug-likeness (QED) is 0.234. The van der Waals surface area contributed by atoms with Gasteiger partial charge in [0.15, 0.2) is 0 Å². The largest absolute Gasteiger partial charge is 3.00 e. The fourth-order valence-corrected chi connectivity index (χ4v) is 0. The minimum Gasteiger partial charge on any atom is -0.894 e. The van der Waals surface area contributed by atoms with Crippen LogP contribution in [0.4, 0.5) is 0 Å². The van der Waals surface area contributed by atoms with Crippen molar-refractivity contribution in [1.82, 2.24) is 0 Å². The standard InChI is InChI=1S/Al.La.H2O4S.O4Si/c;;2*1-5(2,3)4/h;;(H2,1,2,3,4);/q2*+3;;-4/p-2. The van der Waals surface area contributed by atoms with Gasteiger partial charge in [0.25, 0.3) is 0 Å². The predicted octanol–water partition coefficient (Wildman–Crippen LogP) is -6.86. The zero-order chi connectivity index (χ0) is 9.00. The van der Waals surface area contributed by atoms with Crippen molar-refractivity contribution in [3.8, 4) is 0 Å². The molecule has 0 N–H and O–H groups in total. The summed E-state index contributed by atoms with van der Waals surface area (Å²) in [6, 6.07) is 0. The van der Waals surface area contributed by atoms with E-state index in [1.807, 2.05) is 0 Å². The summed E-state index contributed by atoms with van der Waals surface area (Å²) in [6.45, 7) is 0. The zero-order valence-electron chi connectivity index (χ0n) is 5.33. The van der Waals surface area contributed by atoms with Crippen molar-refractivity contribution < 1.29 is 72.3 Å². The second-order valence-corrected chi connectivity index (χ2v) is 2.72. The minimum absolute atomic E-state index is 0. The molecule has 12 heavy (non-hydrogen) atoms. The predicted molar refractivity (Wildman–Crippen MR) is 22.0 cm³/mol. The van der Waals surface area contributed by atoms with Crippen molar-refractivity contribution in [1.29, 1.82) is 0 Å². The summed E-state index contributed by atoms with van der Waals surface area (Å²) in [7, 11) is -10.8. The van der Waals surface area contributed by atoms with Gasteiger partial charge >= 0.3 is 53.0 Å². The Morgan fingerprint density at radius 3 is 0.917 bits per heavy atom. The molecule has 0 saturated carbocycles. The van der Waals surface area contributed by atoms with Crippen molar-refractivity contribution in [3.63, 3.8) is 0 Å². The van der Waals surface area contributed by atoms with Gasteiger partial charge in [-0.3, -0.25) is 8.42 Å². The molecule has 12 heteroatoms. The van der Waals surface area contributed by atoms with Crippen LogP contribution in [0.25, 0.3) is 0 Å². The average molecular weight is 354 g/mol. The van der Waals surface area contributed by atoms with Crippen LogP contribution in [0.2, 0.25) is 0 Å². The van der Waals surface area contributed by atoms with Gasteiger partial charge < -0.3 is 37.3 Å². The van der Waals surface area contributed by atoms with E-state index < -0.39 is 19.4 Å². The first kappa shape index (κ1) is 23.5. The third-order valence-corrected chi connectivity index (χ3v) is 0. The van der Waals surface area contributed by atoms with Crippen LogP contribution in [0.1, 0.15) is 0 Å². The van der Waals surface area contributed by atoms with E-state index in [4.69, 9.17) is 36.7 Å². The molecule has 0 aromatic carbocycles. The Kier molecular flexibility index (Phi) is 18.0. The first-order valence-corrected chi connectivity index (χ1v) is 4.45. The maximum Gasteiger partial charge on any atom is 3.00 e. The van der Waals surface area contributed by atoms with Crippen LogP contribution < -0.4 is 19.2 Å². The van der Waals surface area contributed by atoms with Crippen LogP contribution in [-0.2, 0) is 10.4 Å².